The van der Waals surface area contributed by atoms with E-state index < -0.39 is 7.32 Å². The molecule has 1 aromatic heterocycles. The van der Waals surface area contributed by atoms with Crippen molar-refractivity contribution in [3.05, 3.63) is 18.7 Å². The van der Waals surface area contributed by atoms with Gasteiger partial charge in [-0.25, -0.2) is 4.98 Å². The van der Waals surface area contributed by atoms with E-state index in [1.54, 1.807) is 0 Å². The van der Waals surface area contributed by atoms with Crippen molar-refractivity contribution in [2.45, 2.75) is 0 Å². The largest absolute Gasteiger partial charge is 0.728 e. The fraction of sp³-hybridized carbons (Fsp3) is 0. The number of imidazole rings is 1. The van der Waals surface area contributed by atoms with Gasteiger partial charge in [0.2, 0.25) is 0 Å². The van der Waals surface area contributed by atoms with E-state index in [4.69, 9.17) is 10.0 Å². The summed E-state index contributed by atoms with van der Waals surface area (Å²) in [5.41, 5.74) is 0. The number of nitrogens with zero attached hydrogens (tertiary/aromatic N) is 2. The number of aromatic nitrogens is 2. The lowest BCUT2D eigenvalue weighted by atomic mass is 10.3. The maximum atomic E-state index is 8.21. The van der Waals surface area contributed by atoms with Gasteiger partial charge >= 0.3 is 7.32 Å². The molecule has 0 saturated carbocycles. The lowest BCUT2D eigenvalue weighted by Crippen LogP contribution is -2.28. The first-order valence-electron chi connectivity index (χ1n) is 2.30. The molecule has 0 radical (unpaired) electrons. The van der Waals surface area contributed by atoms with E-state index in [-0.39, 0.29) is 0 Å². The van der Waals surface area contributed by atoms with Crippen LogP contribution in [0.1, 0.15) is 0 Å². The normalized spacial score (nSPS) is 9.11. The van der Waals surface area contributed by atoms with Crippen LogP contribution in [0.5, 0.6) is 0 Å². The predicted octanol–water partition coefficient (Wildman–Crippen LogP) is -1.72. The van der Waals surface area contributed by atoms with Crippen molar-refractivity contribution in [1.82, 2.24) is 9.71 Å². The van der Waals surface area contributed by atoms with Gasteiger partial charge in [0.25, 0.3) is 0 Å². The highest BCUT2D eigenvalue weighted by Crippen LogP contribution is 1.79. The molecular weight excluding hydrogens is 123 g/mol. The van der Waals surface area contributed by atoms with E-state index in [0.29, 0.717) is 0 Å². The Morgan fingerprint density at radius 1 is 1.56 bits per heavy atom. The average molecular weight is 128 g/mol. The lowest BCUT2D eigenvalue weighted by Gasteiger charge is -2.00. The molecule has 0 saturated heterocycles. The Bertz CT molecular complexity index is 164. The minimum Gasteiger partial charge on any atom is -0.420 e. The van der Waals surface area contributed by atoms with Crippen LogP contribution in [-0.4, -0.2) is 27.1 Å². The van der Waals surface area contributed by atoms with Crippen molar-refractivity contribution in [3.63, 3.8) is 0 Å². The van der Waals surface area contributed by atoms with Crippen LogP contribution in [0.25, 0.3) is 0 Å². The highest BCUT2D eigenvalue weighted by molar-refractivity contribution is 6.32. The lowest BCUT2D eigenvalue weighted by molar-refractivity contribution is 0.165. The van der Waals surface area contributed by atoms with Gasteiger partial charge in [0.1, 0.15) is 6.33 Å². The highest BCUT2D eigenvalue weighted by Gasteiger charge is 2.09. The minimum absolute atomic E-state index is 1.09. The Hall–Kier alpha value is -1.01. The summed E-state index contributed by atoms with van der Waals surface area (Å²) in [6.45, 7) is 0. The molecule has 0 aliphatic rings. The van der Waals surface area contributed by atoms with Crippen molar-refractivity contribution in [3.8, 4) is 0 Å². The van der Waals surface area contributed by atoms with E-state index in [1.807, 2.05) is 0 Å². The molecule has 6 heteroatoms. The molecule has 0 bridgehead atoms. The van der Waals surface area contributed by atoms with Crippen LogP contribution in [0, 0.1) is 0 Å². The molecule has 0 spiro atoms. The molecule has 0 aliphatic carbocycles. The predicted molar refractivity (Wildman–Crippen MR) is 29.0 cm³/mol. The van der Waals surface area contributed by atoms with Gasteiger partial charge in [-0.2, -0.15) is 4.73 Å². The van der Waals surface area contributed by atoms with E-state index in [2.05, 4.69) is 9.74 Å². The molecule has 0 aliphatic heterocycles. The fourth-order valence-corrected chi connectivity index (χ4v) is 0.418. The first-order chi connectivity index (χ1) is 4.29. The van der Waals surface area contributed by atoms with Gasteiger partial charge in [0.15, 0.2) is 0 Å². The Morgan fingerprint density at radius 3 is 2.78 bits per heavy atom. The van der Waals surface area contributed by atoms with E-state index in [0.717, 1.165) is 4.73 Å². The topological polar surface area (TPSA) is 67.5 Å². The summed E-state index contributed by atoms with van der Waals surface area (Å²) >= 11 is 0. The zero-order chi connectivity index (χ0) is 6.69. The summed E-state index contributed by atoms with van der Waals surface area (Å²) in [7, 11) is -1.79. The molecule has 2 N–H and O–H groups in total. The van der Waals surface area contributed by atoms with Crippen LogP contribution in [0.3, 0.4) is 0 Å². The summed E-state index contributed by atoms with van der Waals surface area (Å²) in [6, 6.07) is 0. The molecule has 0 fully saturated rings. The Morgan fingerprint density at radius 2 is 2.33 bits per heavy atom. The number of rotatable bonds is 2. The second-order valence-corrected chi connectivity index (χ2v) is 1.35. The van der Waals surface area contributed by atoms with Gasteiger partial charge in [-0.1, -0.05) is 0 Å². The molecule has 48 valence electrons. The Labute approximate surface area is 51.7 Å². The summed E-state index contributed by atoms with van der Waals surface area (Å²) in [5, 5.41) is 16.4. The molecule has 0 aromatic carbocycles. The third-order valence-corrected chi connectivity index (χ3v) is 0.696. The monoisotopic (exact) mass is 128 g/mol. The summed E-state index contributed by atoms with van der Waals surface area (Å²) in [5.74, 6) is 0. The molecule has 0 amide bonds. The maximum Gasteiger partial charge on any atom is 0.728 e. The smallest absolute Gasteiger partial charge is 0.420 e. The van der Waals surface area contributed by atoms with Crippen molar-refractivity contribution in [2.24, 2.45) is 0 Å². The Balaban J connectivity index is 2.48. The SMILES string of the molecule is OB(O)On1ccnc1. The van der Waals surface area contributed by atoms with Crippen molar-refractivity contribution in [1.29, 1.82) is 0 Å². The molecule has 0 atom stereocenters. The first kappa shape index (κ1) is 6.12. The second kappa shape index (κ2) is 2.52. The van der Waals surface area contributed by atoms with Crippen LogP contribution in [0.4, 0.5) is 0 Å². The maximum absolute atomic E-state index is 8.21. The molecular formula is C3H5BN2O3. The standard InChI is InChI=1S/C3H5BN2O3/c7-4(8)9-6-2-1-5-3-6/h1-3,7-8H. The van der Waals surface area contributed by atoms with E-state index >= 15 is 0 Å². The highest BCUT2D eigenvalue weighted by atomic mass is 16.7. The van der Waals surface area contributed by atoms with Crippen LogP contribution in [0.15, 0.2) is 18.7 Å². The first-order valence-corrected chi connectivity index (χ1v) is 2.30. The van der Waals surface area contributed by atoms with E-state index in [9.17, 15) is 0 Å². The summed E-state index contributed by atoms with van der Waals surface area (Å²) in [4.78, 5) is 3.59. The van der Waals surface area contributed by atoms with Crippen LogP contribution < -0.4 is 4.76 Å². The zero-order valence-electron chi connectivity index (χ0n) is 4.51. The Kier molecular flexibility index (Phi) is 1.71. The van der Waals surface area contributed by atoms with E-state index in [1.165, 1.54) is 18.7 Å². The van der Waals surface area contributed by atoms with Gasteiger partial charge in [-0.15, -0.1) is 0 Å². The van der Waals surface area contributed by atoms with Gasteiger partial charge in [0, 0.05) is 6.20 Å². The molecule has 1 rings (SSSR count). The third-order valence-electron chi connectivity index (χ3n) is 0.696. The molecule has 5 nitrogen and oxygen atoms in total. The summed E-state index contributed by atoms with van der Waals surface area (Å²) < 4.78 is 5.41. The van der Waals surface area contributed by atoms with Crippen LogP contribution in [0.2, 0.25) is 0 Å². The molecule has 0 unspecified atom stereocenters. The third kappa shape index (κ3) is 1.75. The number of hydrogen-bond donors (Lipinski definition) is 2. The van der Waals surface area contributed by atoms with Gasteiger partial charge < -0.3 is 14.8 Å². The summed E-state index contributed by atoms with van der Waals surface area (Å²) in [6.07, 6.45) is 4.21. The van der Waals surface area contributed by atoms with Crippen LogP contribution >= 0.6 is 0 Å². The van der Waals surface area contributed by atoms with Crippen molar-refractivity contribution < 1.29 is 14.8 Å². The number of hydrogen-bond acceptors (Lipinski definition) is 4. The second-order valence-electron chi connectivity index (χ2n) is 1.35. The van der Waals surface area contributed by atoms with Crippen molar-refractivity contribution >= 4 is 7.32 Å². The molecule has 9 heavy (non-hydrogen) atoms. The molecule has 1 aromatic rings. The van der Waals surface area contributed by atoms with Gasteiger partial charge in [-0.3, -0.25) is 0 Å². The minimum atomic E-state index is -1.79. The zero-order valence-corrected chi connectivity index (χ0v) is 4.51. The average Bonchev–Trinajstić information content (AvgIpc) is 2.15. The van der Waals surface area contributed by atoms with Gasteiger partial charge in [-0.05, 0) is 0 Å². The quantitative estimate of drug-likeness (QED) is 0.465. The van der Waals surface area contributed by atoms with Crippen molar-refractivity contribution in [2.75, 3.05) is 0 Å². The molecule has 1 heterocycles. The van der Waals surface area contributed by atoms with Gasteiger partial charge in [0.05, 0.1) is 6.20 Å². The fourth-order valence-electron chi connectivity index (χ4n) is 0.418. The van der Waals surface area contributed by atoms with Crippen LogP contribution in [-0.2, 0) is 0 Å².